The van der Waals surface area contributed by atoms with Gasteiger partial charge in [-0.25, -0.2) is 0 Å². The molecule has 2 saturated heterocycles. The van der Waals surface area contributed by atoms with Crippen molar-refractivity contribution >= 4 is 5.91 Å². The zero-order chi connectivity index (χ0) is 15.1. The van der Waals surface area contributed by atoms with Crippen LogP contribution in [0.2, 0.25) is 0 Å². The van der Waals surface area contributed by atoms with Crippen LogP contribution in [0.4, 0.5) is 0 Å². The summed E-state index contributed by atoms with van der Waals surface area (Å²) in [7, 11) is 0. The molecule has 1 amide bonds. The van der Waals surface area contributed by atoms with Crippen molar-refractivity contribution in [2.45, 2.75) is 39.2 Å². The van der Waals surface area contributed by atoms with Gasteiger partial charge in [-0.3, -0.25) is 9.69 Å². The topological polar surface area (TPSA) is 44.8 Å². The summed E-state index contributed by atoms with van der Waals surface area (Å²) in [5.74, 6) is 0.947. The molecule has 5 heteroatoms. The number of hydrogen-bond donors (Lipinski definition) is 1. The van der Waals surface area contributed by atoms with Crippen LogP contribution in [0.5, 0.6) is 0 Å². The van der Waals surface area contributed by atoms with E-state index in [0.717, 1.165) is 71.7 Å². The van der Waals surface area contributed by atoms with Gasteiger partial charge in [-0.15, -0.1) is 0 Å². The molecule has 1 N–H and O–H groups in total. The zero-order valence-corrected chi connectivity index (χ0v) is 13.6. The third kappa shape index (κ3) is 5.24. The number of carbonyl (C=O) groups is 1. The molecule has 1 atom stereocenters. The van der Waals surface area contributed by atoms with Crippen LogP contribution in [0.15, 0.2) is 0 Å². The lowest BCUT2D eigenvalue weighted by Gasteiger charge is -2.40. The third-order valence-corrected chi connectivity index (χ3v) is 4.77. The van der Waals surface area contributed by atoms with Crippen molar-refractivity contribution in [3.63, 3.8) is 0 Å². The van der Waals surface area contributed by atoms with Gasteiger partial charge in [-0.1, -0.05) is 0 Å². The molecule has 2 fully saturated rings. The molecule has 2 aliphatic heterocycles. The van der Waals surface area contributed by atoms with Gasteiger partial charge < -0.3 is 15.0 Å². The molecule has 0 radical (unpaired) electrons. The SMILES string of the molecule is CCOCCN1CCN(C(=O)CC2CCNCC2)CC1C. The molecule has 0 aromatic rings. The van der Waals surface area contributed by atoms with Crippen LogP contribution >= 0.6 is 0 Å². The number of nitrogens with zero attached hydrogens (tertiary/aromatic N) is 2. The molecule has 0 aromatic heterocycles. The molecular weight excluding hydrogens is 266 g/mol. The maximum atomic E-state index is 12.4. The molecule has 0 saturated carbocycles. The van der Waals surface area contributed by atoms with Gasteiger partial charge >= 0.3 is 0 Å². The van der Waals surface area contributed by atoms with Gasteiger partial charge in [0.05, 0.1) is 6.61 Å². The van der Waals surface area contributed by atoms with Crippen molar-refractivity contribution in [3.8, 4) is 0 Å². The van der Waals surface area contributed by atoms with E-state index in [-0.39, 0.29) is 0 Å². The van der Waals surface area contributed by atoms with Gasteiger partial charge in [-0.2, -0.15) is 0 Å². The Balaban J connectivity index is 1.71. The Morgan fingerprint density at radius 1 is 1.29 bits per heavy atom. The molecule has 1 unspecified atom stereocenters. The molecule has 0 bridgehead atoms. The summed E-state index contributed by atoms with van der Waals surface area (Å²) in [6, 6.07) is 0.441. The Labute approximate surface area is 129 Å². The number of nitrogens with one attached hydrogen (secondary N) is 1. The molecule has 122 valence electrons. The number of hydrogen-bond acceptors (Lipinski definition) is 4. The Kier molecular flexibility index (Phi) is 6.93. The normalized spacial score (nSPS) is 25.2. The van der Waals surface area contributed by atoms with E-state index in [0.29, 0.717) is 17.9 Å². The first kappa shape index (κ1) is 16.7. The van der Waals surface area contributed by atoms with E-state index < -0.39 is 0 Å². The van der Waals surface area contributed by atoms with Crippen LogP contribution in [-0.4, -0.2) is 74.2 Å². The summed E-state index contributed by atoms with van der Waals surface area (Å²) in [5.41, 5.74) is 0. The Hall–Kier alpha value is -0.650. The van der Waals surface area contributed by atoms with Crippen molar-refractivity contribution in [2.75, 3.05) is 52.5 Å². The minimum absolute atomic E-state index is 0.359. The van der Waals surface area contributed by atoms with Crippen LogP contribution < -0.4 is 5.32 Å². The summed E-state index contributed by atoms with van der Waals surface area (Å²) in [6.07, 6.45) is 3.04. The van der Waals surface area contributed by atoms with Crippen LogP contribution in [0.1, 0.15) is 33.1 Å². The quantitative estimate of drug-likeness (QED) is 0.741. The van der Waals surface area contributed by atoms with Crippen molar-refractivity contribution in [2.24, 2.45) is 5.92 Å². The number of piperidine rings is 1. The summed E-state index contributed by atoms with van der Waals surface area (Å²) in [4.78, 5) is 16.9. The summed E-state index contributed by atoms with van der Waals surface area (Å²) < 4.78 is 5.43. The van der Waals surface area contributed by atoms with Crippen LogP contribution in [0, 0.1) is 5.92 Å². The molecule has 5 nitrogen and oxygen atoms in total. The predicted molar refractivity (Wildman–Crippen MR) is 84.3 cm³/mol. The lowest BCUT2D eigenvalue weighted by Crippen LogP contribution is -2.54. The average Bonchev–Trinajstić information content (AvgIpc) is 2.50. The highest BCUT2D eigenvalue weighted by molar-refractivity contribution is 5.76. The van der Waals surface area contributed by atoms with Gasteiger partial charge in [0, 0.05) is 45.2 Å². The number of piperazine rings is 1. The standard InChI is InChI=1S/C16H31N3O2/c1-3-21-11-10-18-8-9-19(13-14(18)2)16(20)12-15-4-6-17-7-5-15/h14-15,17H,3-13H2,1-2H3. The fraction of sp³-hybridized carbons (Fsp3) is 0.938. The third-order valence-electron chi connectivity index (χ3n) is 4.77. The lowest BCUT2D eigenvalue weighted by atomic mass is 9.94. The fourth-order valence-electron chi connectivity index (χ4n) is 3.34. The summed E-state index contributed by atoms with van der Waals surface area (Å²) >= 11 is 0. The number of ether oxygens (including phenoxy) is 1. The minimum atomic E-state index is 0.359. The molecule has 0 aromatic carbocycles. The van der Waals surface area contributed by atoms with E-state index in [9.17, 15) is 4.79 Å². The van der Waals surface area contributed by atoms with E-state index in [1.807, 2.05) is 6.92 Å². The fourth-order valence-corrected chi connectivity index (χ4v) is 3.34. The second-order valence-corrected chi connectivity index (χ2v) is 6.32. The molecule has 2 heterocycles. The molecular formula is C16H31N3O2. The van der Waals surface area contributed by atoms with E-state index in [4.69, 9.17) is 4.74 Å². The van der Waals surface area contributed by atoms with Gasteiger partial charge in [0.25, 0.3) is 0 Å². The van der Waals surface area contributed by atoms with E-state index >= 15 is 0 Å². The smallest absolute Gasteiger partial charge is 0.222 e. The van der Waals surface area contributed by atoms with Crippen LogP contribution in [-0.2, 0) is 9.53 Å². The van der Waals surface area contributed by atoms with Gasteiger partial charge in [0.2, 0.25) is 5.91 Å². The Bertz CT molecular complexity index is 319. The first-order valence-electron chi connectivity index (χ1n) is 8.51. The first-order valence-corrected chi connectivity index (χ1v) is 8.51. The van der Waals surface area contributed by atoms with Gasteiger partial charge in [0.1, 0.15) is 0 Å². The monoisotopic (exact) mass is 297 g/mol. The molecule has 2 aliphatic rings. The molecule has 0 spiro atoms. The lowest BCUT2D eigenvalue weighted by molar-refractivity contribution is -0.135. The predicted octanol–water partition coefficient (Wildman–Crippen LogP) is 0.945. The van der Waals surface area contributed by atoms with Crippen molar-refractivity contribution in [3.05, 3.63) is 0 Å². The van der Waals surface area contributed by atoms with E-state index in [1.54, 1.807) is 0 Å². The second kappa shape index (κ2) is 8.71. The molecule has 21 heavy (non-hydrogen) atoms. The maximum Gasteiger partial charge on any atom is 0.222 e. The highest BCUT2D eigenvalue weighted by Crippen LogP contribution is 2.19. The molecule has 0 aliphatic carbocycles. The highest BCUT2D eigenvalue weighted by atomic mass is 16.5. The van der Waals surface area contributed by atoms with Crippen molar-refractivity contribution < 1.29 is 9.53 Å². The number of rotatable bonds is 6. The van der Waals surface area contributed by atoms with Gasteiger partial charge in [-0.05, 0) is 45.7 Å². The zero-order valence-electron chi connectivity index (χ0n) is 13.6. The van der Waals surface area contributed by atoms with Crippen molar-refractivity contribution in [1.82, 2.24) is 15.1 Å². The van der Waals surface area contributed by atoms with Gasteiger partial charge in [0.15, 0.2) is 0 Å². The van der Waals surface area contributed by atoms with E-state index in [2.05, 4.69) is 22.0 Å². The number of carbonyl (C=O) groups excluding carboxylic acids is 1. The summed E-state index contributed by atoms with van der Waals surface area (Å²) in [5, 5.41) is 3.36. The number of amides is 1. The summed E-state index contributed by atoms with van der Waals surface area (Å²) in [6.45, 7) is 11.7. The highest BCUT2D eigenvalue weighted by Gasteiger charge is 2.28. The maximum absolute atomic E-state index is 12.4. The van der Waals surface area contributed by atoms with Crippen LogP contribution in [0.25, 0.3) is 0 Å². The van der Waals surface area contributed by atoms with Crippen LogP contribution in [0.3, 0.4) is 0 Å². The average molecular weight is 297 g/mol. The second-order valence-electron chi connectivity index (χ2n) is 6.32. The largest absolute Gasteiger partial charge is 0.380 e. The Morgan fingerprint density at radius 3 is 2.71 bits per heavy atom. The minimum Gasteiger partial charge on any atom is -0.380 e. The molecule has 2 rings (SSSR count). The first-order chi connectivity index (χ1) is 10.2. The van der Waals surface area contributed by atoms with Crippen molar-refractivity contribution in [1.29, 1.82) is 0 Å². The Morgan fingerprint density at radius 2 is 2.05 bits per heavy atom. The van der Waals surface area contributed by atoms with E-state index in [1.165, 1.54) is 0 Å².